The van der Waals surface area contributed by atoms with E-state index in [0.717, 1.165) is 23.0 Å². The number of carbonyl (C=O) groups is 1. The summed E-state index contributed by atoms with van der Waals surface area (Å²) in [7, 11) is 0. The van der Waals surface area contributed by atoms with Crippen LogP contribution in [0.2, 0.25) is 0 Å². The first-order valence-corrected chi connectivity index (χ1v) is 8.07. The number of ether oxygens (including phenoxy) is 1. The summed E-state index contributed by atoms with van der Waals surface area (Å²) in [5.41, 5.74) is 5.38. The van der Waals surface area contributed by atoms with Gasteiger partial charge in [-0.2, -0.15) is 0 Å². The van der Waals surface area contributed by atoms with Crippen LogP contribution in [0.15, 0.2) is 15.9 Å². The van der Waals surface area contributed by atoms with Crippen LogP contribution in [0.1, 0.15) is 17.7 Å². The molecule has 106 valence electrons. The van der Waals surface area contributed by atoms with Crippen LogP contribution in [-0.2, 0) is 16.0 Å². The minimum atomic E-state index is -0.422. The van der Waals surface area contributed by atoms with Gasteiger partial charge in [0.2, 0.25) is 5.91 Å². The summed E-state index contributed by atoms with van der Waals surface area (Å²) < 4.78 is 6.44. The molecule has 0 bridgehead atoms. The molecule has 0 aliphatic carbocycles. The average molecular weight is 347 g/mol. The first-order valence-electron chi connectivity index (χ1n) is 6.47. The van der Waals surface area contributed by atoms with Gasteiger partial charge < -0.3 is 15.8 Å². The van der Waals surface area contributed by atoms with E-state index in [-0.39, 0.29) is 5.91 Å². The van der Waals surface area contributed by atoms with E-state index in [1.807, 2.05) is 6.07 Å². The Morgan fingerprint density at radius 1 is 1.47 bits per heavy atom. The molecule has 0 unspecified atom stereocenters. The van der Waals surface area contributed by atoms with Gasteiger partial charge >= 0.3 is 0 Å². The van der Waals surface area contributed by atoms with Crippen molar-refractivity contribution in [1.29, 1.82) is 0 Å². The van der Waals surface area contributed by atoms with E-state index in [0.29, 0.717) is 26.3 Å². The van der Waals surface area contributed by atoms with Crippen LogP contribution in [0.5, 0.6) is 0 Å². The van der Waals surface area contributed by atoms with Crippen LogP contribution in [-0.4, -0.2) is 32.2 Å². The highest BCUT2D eigenvalue weighted by Gasteiger charge is 2.38. The highest BCUT2D eigenvalue weighted by molar-refractivity contribution is 9.11. The zero-order valence-electron chi connectivity index (χ0n) is 10.8. The third-order valence-electron chi connectivity index (χ3n) is 3.61. The molecule has 1 fully saturated rings. The Morgan fingerprint density at radius 3 is 2.79 bits per heavy atom. The second-order valence-corrected chi connectivity index (χ2v) is 7.36. The van der Waals surface area contributed by atoms with Gasteiger partial charge in [-0.1, -0.05) is 0 Å². The van der Waals surface area contributed by atoms with Crippen molar-refractivity contribution in [1.82, 2.24) is 5.32 Å². The Morgan fingerprint density at radius 2 is 2.21 bits per heavy atom. The molecule has 1 aromatic heterocycles. The number of rotatable bonds is 5. The lowest BCUT2D eigenvalue weighted by Crippen LogP contribution is -2.49. The van der Waals surface area contributed by atoms with E-state index in [9.17, 15) is 4.79 Å². The van der Waals surface area contributed by atoms with Crippen molar-refractivity contribution in [3.05, 3.63) is 20.8 Å². The number of nitrogens with two attached hydrogens (primary N) is 1. The number of thiophene rings is 1. The second kappa shape index (κ2) is 6.83. The molecule has 4 nitrogen and oxygen atoms in total. The van der Waals surface area contributed by atoms with Crippen molar-refractivity contribution in [3.63, 3.8) is 0 Å². The Bertz CT molecular complexity index is 430. The van der Waals surface area contributed by atoms with Crippen molar-refractivity contribution in [2.75, 3.05) is 26.3 Å². The third-order valence-corrected chi connectivity index (χ3v) is 5.29. The molecule has 3 N–H and O–H groups in total. The number of halogens is 1. The Labute approximate surface area is 125 Å². The Balaban J connectivity index is 1.82. The number of hydrogen-bond acceptors (Lipinski definition) is 4. The molecule has 1 amide bonds. The van der Waals surface area contributed by atoms with Crippen LogP contribution in [0.3, 0.4) is 0 Å². The minimum Gasteiger partial charge on any atom is -0.381 e. The van der Waals surface area contributed by atoms with E-state index in [1.54, 1.807) is 11.3 Å². The third kappa shape index (κ3) is 3.78. The number of nitrogens with one attached hydrogen (secondary N) is 1. The van der Waals surface area contributed by atoms with Crippen molar-refractivity contribution in [3.8, 4) is 0 Å². The van der Waals surface area contributed by atoms with Gasteiger partial charge in [-0.25, -0.2) is 0 Å². The lowest BCUT2D eigenvalue weighted by molar-refractivity contribution is -0.135. The van der Waals surface area contributed by atoms with Crippen LogP contribution in [0.4, 0.5) is 0 Å². The summed E-state index contributed by atoms with van der Waals surface area (Å²) in [6.07, 6.45) is 2.30. The van der Waals surface area contributed by atoms with Crippen molar-refractivity contribution in [2.24, 2.45) is 11.1 Å². The van der Waals surface area contributed by atoms with Gasteiger partial charge in [0.05, 0.1) is 9.20 Å². The molecule has 1 aliphatic rings. The second-order valence-electron chi connectivity index (χ2n) is 4.81. The molecule has 1 aromatic rings. The van der Waals surface area contributed by atoms with Gasteiger partial charge in [-0.3, -0.25) is 4.79 Å². The molecule has 2 heterocycles. The molecule has 6 heteroatoms. The first kappa shape index (κ1) is 15.0. The molecule has 0 saturated carbocycles. The molecule has 0 aromatic carbocycles. The summed E-state index contributed by atoms with van der Waals surface area (Å²) in [5, 5.41) is 3.02. The average Bonchev–Trinajstić information content (AvgIpc) is 2.85. The Hall–Kier alpha value is -0.430. The molecular formula is C13H19BrN2O2S. The molecule has 1 aliphatic heterocycles. The van der Waals surface area contributed by atoms with Crippen LogP contribution >= 0.6 is 27.3 Å². The number of amides is 1. The zero-order valence-corrected chi connectivity index (χ0v) is 13.2. The fraction of sp³-hybridized carbons (Fsp3) is 0.615. The topological polar surface area (TPSA) is 64.4 Å². The van der Waals surface area contributed by atoms with Crippen LogP contribution in [0.25, 0.3) is 0 Å². The lowest BCUT2D eigenvalue weighted by atomic mass is 9.79. The number of hydrogen-bond donors (Lipinski definition) is 2. The van der Waals surface area contributed by atoms with E-state index in [1.165, 1.54) is 4.88 Å². The van der Waals surface area contributed by atoms with Crippen molar-refractivity contribution < 1.29 is 9.53 Å². The zero-order chi connectivity index (χ0) is 13.7. The summed E-state index contributed by atoms with van der Waals surface area (Å²) in [6, 6.07) is 4.11. The van der Waals surface area contributed by atoms with Gasteiger partial charge in [-0.05, 0) is 47.3 Å². The van der Waals surface area contributed by atoms with E-state index in [2.05, 4.69) is 27.3 Å². The highest BCUT2D eigenvalue weighted by Crippen LogP contribution is 2.29. The summed E-state index contributed by atoms with van der Waals surface area (Å²) in [4.78, 5) is 13.6. The van der Waals surface area contributed by atoms with E-state index in [4.69, 9.17) is 10.5 Å². The molecule has 0 spiro atoms. The smallest absolute Gasteiger partial charge is 0.227 e. The molecule has 2 rings (SSSR count). The van der Waals surface area contributed by atoms with E-state index >= 15 is 0 Å². The molecule has 0 radical (unpaired) electrons. The number of carbonyl (C=O) groups excluding carboxylic acids is 1. The minimum absolute atomic E-state index is 0.0777. The normalized spacial score (nSPS) is 18.2. The standard InChI is InChI=1S/C13H19BrN2O2S/c14-11-2-1-10(19-11)3-6-16-12(17)13(9-15)4-7-18-8-5-13/h1-2H,3-9,15H2,(H,16,17). The summed E-state index contributed by atoms with van der Waals surface area (Å²) in [5.74, 6) is 0.0777. The molecule has 19 heavy (non-hydrogen) atoms. The maximum atomic E-state index is 12.3. The van der Waals surface area contributed by atoms with Crippen LogP contribution < -0.4 is 11.1 Å². The van der Waals surface area contributed by atoms with E-state index < -0.39 is 5.41 Å². The van der Waals surface area contributed by atoms with Gasteiger partial charge in [0.15, 0.2) is 0 Å². The molecule has 0 atom stereocenters. The molecular weight excluding hydrogens is 328 g/mol. The summed E-state index contributed by atoms with van der Waals surface area (Å²) >= 11 is 5.14. The van der Waals surface area contributed by atoms with Crippen LogP contribution in [0, 0.1) is 5.41 Å². The first-order chi connectivity index (χ1) is 9.16. The van der Waals surface area contributed by atoms with Gasteiger partial charge in [0.1, 0.15) is 0 Å². The fourth-order valence-corrected chi connectivity index (χ4v) is 3.74. The van der Waals surface area contributed by atoms with Gasteiger partial charge in [-0.15, -0.1) is 11.3 Å². The van der Waals surface area contributed by atoms with Crippen molar-refractivity contribution in [2.45, 2.75) is 19.3 Å². The summed E-state index contributed by atoms with van der Waals surface area (Å²) in [6.45, 7) is 2.31. The van der Waals surface area contributed by atoms with Gasteiger partial charge in [0, 0.05) is 31.2 Å². The quantitative estimate of drug-likeness (QED) is 0.855. The Kier molecular flexibility index (Phi) is 5.38. The SMILES string of the molecule is NCC1(C(=O)NCCc2ccc(Br)s2)CCOCC1. The predicted octanol–water partition coefficient (Wildman–Crippen LogP) is 1.92. The monoisotopic (exact) mass is 346 g/mol. The highest BCUT2D eigenvalue weighted by atomic mass is 79.9. The predicted molar refractivity (Wildman–Crippen MR) is 80.3 cm³/mol. The largest absolute Gasteiger partial charge is 0.381 e. The fourth-order valence-electron chi connectivity index (χ4n) is 2.26. The maximum absolute atomic E-state index is 12.3. The lowest BCUT2D eigenvalue weighted by Gasteiger charge is -2.34. The maximum Gasteiger partial charge on any atom is 0.227 e. The van der Waals surface area contributed by atoms with Gasteiger partial charge in [0.25, 0.3) is 0 Å². The molecule has 1 saturated heterocycles. The van der Waals surface area contributed by atoms with Crippen molar-refractivity contribution >= 4 is 33.2 Å².